The second-order valence-electron chi connectivity index (χ2n) is 5.94. The highest BCUT2D eigenvalue weighted by molar-refractivity contribution is 5.78. The van der Waals surface area contributed by atoms with Gasteiger partial charge in [0.25, 0.3) is 0 Å². The van der Waals surface area contributed by atoms with Gasteiger partial charge in [0.15, 0.2) is 0 Å². The van der Waals surface area contributed by atoms with Gasteiger partial charge in [-0.05, 0) is 37.0 Å². The van der Waals surface area contributed by atoms with Gasteiger partial charge in [-0.15, -0.1) is 0 Å². The lowest BCUT2D eigenvalue weighted by Crippen LogP contribution is -2.36. The van der Waals surface area contributed by atoms with Crippen LogP contribution in [0.2, 0.25) is 0 Å². The van der Waals surface area contributed by atoms with Crippen molar-refractivity contribution in [2.75, 3.05) is 13.1 Å². The number of rotatable bonds is 4. The maximum atomic E-state index is 12.4. The summed E-state index contributed by atoms with van der Waals surface area (Å²) in [6, 6.07) is 9.62. The predicted molar refractivity (Wildman–Crippen MR) is 86.6 cm³/mol. The van der Waals surface area contributed by atoms with Crippen LogP contribution in [0.4, 0.5) is 0 Å². The predicted octanol–water partition coefficient (Wildman–Crippen LogP) is 2.36. The van der Waals surface area contributed by atoms with E-state index < -0.39 is 0 Å². The van der Waals surface area contributed by atoms with Gasteiger partial charge < -0.3 is 9.47 Å². The van der Waals surface area contributed by atoms with E-state index in [1.807, 2.05) is 33.7 Å². The number of nitriles is 1. The van der Waals surface area contributed by atoms with Crippen LogP contribution in [0.1, 0.15) is 36.1 Å². The molecule has 1 aliphatic rings. The van der Waals surface area contributed by atoms with Crippen LogP contribution in [0.5, 0.6) is 0 Å². The third-order valence-electron chi connectivity index (χ3n) is 4.28. The number of hydrogen-bond donors (Lipinski definition) is 0. The Morgan fingerprint density at radius 3 is 2.61 bits per heavy atom. The summed E-state index contributed by atoms with van der Waals surface area (Å²) >= 11 is 0. The summed E-state index contributed by atoms with van der Waals surface area (Å²) in [5, 5.41) is 8.84. The van der Waals surface area contributed by atoms with Crippen molar-refractivity contribution in [1.29, 1.82) is 5.26 Å². The Hall–Kier alpha value is -2.61. The molecule has 23 heavy (non-hydrogen) atoms. The minimum absolute atomic E-state index is 0.186. The van der Waals surface area contributed by atoms with Gasteiger partial charge in [0.2, 0.25) is 5.91 Å². The van der Waals surface area contributed by atoms with Gasteiger partial charge in [0, 0.05) is 31.5 Å². The van der Waals surface area contributed by atoms with E-state index in [2.05, 4.69) is 11.1 Å². The molecule has 0 spiro atoms. The number of carbonyl (C=O) groups is 1. The van der Waals surface area contributed by atoms with Crippen LogP contribution in [-0.4, -0.2) is 33.4 Å². The standard InChI is InChI=1S/C18H20N4O/c19-11-15-4-6-16(7-5-15)13-22-14-20-12-17(22)10-18(23)21-8-2-1-3-9-21/h4-7,12,14H,1-3,8-10,13H2. The van der Waals surface area contributed by atoms with Crippen molar-refractivity contribution in [2.24, 2.45) is 0 Å². The van der Waals surface area contributed by atoms with Crippen molar-refractivity contribution in [3.63, 3.8) is 0 Å². The number of carbonyl (C=O) groups excluding carboxylic acids is 1. The Morgan fingerprint density at radius 2 is 1.91 bits per heavy atom. The second kappa shape index (κ2) is 7.10. The topological polar surface area (TPSA) is 61.9 Å². The van der Waals surface area contributed by atoms with Crippen molar-refractivity contribution in [1.82, 2.24) is 14.5 Å². The summed E-state index contributed by atoms with van der Waals surface area (Å²) in [5.41, 5.74) is 2.68. The quantitative estimate of drug-likeness (QED) is 0.871. The van der Waals surface area contributed by atoms with E-state index in [1.54, 1.807) is 12.5 Å². The summed E-state index contributed by atoms with van der Waals surface area (Å²) in [6.45, 7) is 2.42. The zero-order chi connectivity index (χ0) is 16.1. The van der Waals surface area contributed by atoms with E-state index in [1.165, 1.54) is 6.42 Å². The van der Waals surface area contributed by atoms with E-state index in [4.69, 9.17) is 5.26 Å². The first-order chi connectivity index (χ1) is 11.3. The maximum Gasteiger partial charge on any atom is 0.228 e. The number of nitrogens with zero attached hydrogens (tertiary/aromatic N) is 4. The molecule has 118 valence electrons. The SMILES string of the molecule is N#Cc1ccc(Cn2cncc2CC(=O)N2CCCCC2)cc1. The average molecular weight is 308 g/mol. The Bertz CT molecular complexity index is 705. The lowest BCUT2D eigenvalue weighted by atomic mass is 10.1. The Morgan fingerprint density at radius 1 is 1.17 bits per heavy atom. The zero-order valence-corrected chi connectivity index (χ0v) is 13.1. The van der Waals surface area contributed by atoms with Crippen molar-refractivity contribution < 1.29 is 4.79 Å². The third kappa shape index (κ3) is 3.78. The molecule has 1 aromatic heterocycles. The molecule has 1 saturated heterocycles. The Balaban J connectivity index is 1.66. The highest BCUT2D eigenvalue weighted by Gasteiger charge is 2.18. The van der Waals surface area contributed by atoms with Crippen LogP contribution in [0.15, 0.2) is 36.8 Å². The molecule has 0 saturated carbocycles. The van der Waals surface area contributed by atoms with E-state index in [0.717, 1.165) is 37.2 Å². The van der Waals surface area contributed by atoms with Gasteiger partial charge in [-0.1, -0.05) is 12.1 Å². The molecule has 0 N–H and O–H groups in total. The van der Waals surface area contributed by atoms with Crippen LogP contribution in [0.25, 0.3) is 0 Å². The molecule has 1 aliphatic heterocycles. The first-order valence-corrected chi connectivity index (χ1v) is 8.02. The molecular weight excluding hydrogens is 288 g/mol. The van der Waals surface area contributed by atoms with Crippen LogP contribution in [0, 0.1) is 11.3 Å². The molecule has 2 aromatic rings. The zero-order valence-electron chi connectivity index (χ0n) is 13.1. The largest absolute Gasteiger partial charge is 0.342 e. The molecule has 3 rings (SSSR count). The summed E-state index contributed by atoms with van der Waals surface area (Å²) in [6.07, 6.45) is 7.37. The highest BCUT2D eigenvalue weighted by atomic mass is 16.2. The van der Waals surface area contributed by atoms with Crippen molar-refractivity contribution in [3.8, 4) is 6.07 Å². The Labute approximate surface area is 136 Å². The smallest absolute Gasteiger partial charge is 0.228 e. The normalized spacial score (nSPS) is 14.5. The average Bonchev–Trinajstić information content (AvgIpc) is 3.03. The number of aromatic nitrogens is 2. The lowest BCUT2D eigenvalue weighted by molar-refractivity contribution is -0.131. The van der Waals surface area contributed by atoms with Gasteiger partial charge in [-0.3, -0.25) is 4.79 Å². The fourth-order valence-electron chi connectivity index (χ4n) is 2.93. The maximum absolute atomic E-state index is 12.4. The fourth-order valence-corrected chi connectivity index (χ4v) is 2.93. The van der Waals surface area contributed by atoms with Crippen LogP contribution < -0.4 is 0 Å². The molecule has 5 heteroatoms. The number of hydrogen-bond acceptors (Lipinski definition) is 3. The highest BCUT2D eigenvalue weighted by Crippen LogP contribution is 2.13. The van der Waals surface area contributed by atoms with Gasteiger partial charge in [-0.2, -0.15) is 5.26 Å². The molecular formula is C18H20N4O. The molecule has 5 nitrogen and oxygen atoms in total. The molecule has 0 atom stereocenters. The van der Waals surface area contributed by atoms with E-state index in [-0.39, 0.29) is 5.91 Å². The Kier molecular flexibility index (Phi) is 4.72. The number of likely N-dealkylation sites (tertiary alicyclic amines) is 1. The summed E-state index contributed by atoms with van der Waals surface area (Å²) in [5.74, 6) is 0.186. The van der Waals surface area contributed by atoms with E-state index >= 15 is 0 Å². The molecule has 1 fully saturated rings. The molecule has 0 unspecified atom stereocenters. The minimum Gasteiger partial charge on any atom is -0.342 e. The van der Waals surface area contributed by atoms with E-state index in [0.29, 0.717) is 18.5 Å². The first-order valence-electron chi connectivity index (χ1n) is 8.02. The third-order valence-corrected chi connectivity index (χ3v) is 4.28. The second-order valence-corrected chi connectivity index (χ2v) is 5.94. The summed E-state index contributed by atoms with van der Waals surface area (Å²) in [7, 11) is 0. The number of piperidine rings is 1. The molecule has 2 heterocycles. The van der Waals surface area contributed by atoms with Crippen molar-refractivity contribution in [3.05, 3.63) is 53.6 Å². The summed E-state index contributed by atoms with van der Waals surface area (Å²) in [4.78, 5) is 18.6. The lowest BCUT2D eigenvalue weighted by Gasteiger charge is -2.26. The van der Waals surface area contributed by atoms with Gasteiger partial charge in [-0.25, -0.2) is 4.98 Å². The number of imidazole rings is 1. The molecule has 0 bridgehead atoms. The minimum atomic E-state index is 0.186. The van der Waals surface area contributed by atoms with E-state index in [9.17, 15) is 4.79 Å². The number of amides is 1. The van der Waals surface area contributed by atoms with Gasteiger partial charge >= 0.3 is 0 Å². The van der Waals surface area contributed by atoms with Gasteiger partial charge in [0.1, 0.15) is 0 Å². The van der Waals surface area contributed by atoms with Crippen LogP contribution >= 0.6 is 0 Å². The van der Waals surface area contributed by atoms with Crippen LogP contribution in [0.3, 0.4) is 0 Å². The molecule has 1 aromatic carbocycles. The van der Waals surface area contributed by atoms with Crippen LogP contribution in [-0.2, 0) is 17.8 Å². The van der Waals surface area contributed by atoms with Crippen molar-refractivity contribution >= 4 is 5.91 Å². The molecule has 1 amide bonds. The van der Waals surface area contributed by atoms with Gasteiger partial charge in [0.05, 0.1) is 24.4 Å². The first kappa shape index (κ1) is 15.3. The fraction of sp³-hybridized carbons (Fsp3) is 0.389. The number of benzene rings is 1. The summed E-state index contributed by atoms with van der Waals surface area (Å²) < 4.78 is 2.00. The molecule has 0 aliphatic carbocycles. The molecule has 0 radical (unpaired) electrons. The monoisotopic (exact) mass is 308 g/mol. The van der Waals surface area contributed by atoms with Crippen molar-refractivity contribution in [2.45, 2.75) is 32.2 Å².